The highest BCUT2D eigenvalue weighted by atomic mass is 35.5. The maximum atomic E-state index is 11.2. The van der Waals surface area contributed by atoms with E-state index in [0.717, 1.165) is 54.0 Å². The van der Waals surface area contributed by atoms with Crippen LogP contribution in [0.1, 0.15) is 30.4 Å². The van der Waals surface area contributed by atoms with Crippen molar-refractivity contribution in [1.82, 2.24) is 0 Å². The van der Waals surface area contributed by atoms with E-state index in [-0.39, 0.29) is 11.8 Å². The Labute approximate surface area is 117 Å². The molecule has 0 amide bonds. The van der Waals surface area contributed by atoms with Crippen molar-refractivity contribution in [2.45, 2.75) is 32.1 Å². The van der Waals surface area contributed by atoms with Gasteiger partial charge in [0.05, 0.1) is 12.5 Å². The first-order valence-electron chi connectivity index (χ1n) is 6.82. The van der Waals surface area contributed by atoms with E-state index in [2.05, 4.69) is 0 Å². The van der Waals surface area contributed by atoms with E-state index in [4.69, 9.17) is 16.3 Å². The minimum atomic E-state index is -0.665. The molecule has 1 fully saturated rings. The summed E-state index contributed by atoms with van der Waals surface area (Å²) in [6, 6.07) is 3.89. The lowest BCUT2D eigenvalue weighted by atomic mass is 9.89. The topological polar surface area (TPSA) is 46.5 Å². The van der Waals surface area contributed by atoms with Crippen LogP contribution in [0.15, 0.2) is 12.1 Å². The average Bonchev–Trinajstić information content (AvgIpc) is 2.96. The van der Waals surface area contributed by atoms with E-state index in [9.17, 15) is 9.90 Å². The molecule has 0 spiro atoms. The van der Waals surface area contributed by atoms with Crippen molar-refractivity contribution in [2.75, 3.05) is 6.61 Å². The molecule has 1 aliphatic heterocycles. The van der Waals surface area contributed by atoms with Gasteiger partial charge in [-0.2, -0.15) is 0 Å². The molecule has 102 valence electrons. The summed E-state index contributed by atoms with van der Waals surface area (Å²) in [7, 11) is 0. The van der Waals surface area contributed by atoms with Crippen LogP contribution in [-0.2, 0) is 17.6 Å². The van der Waals surface area contributed by atoms with Gasteiger partial charge >= 0.3 is 5.97 Å². The van der Waals surface area contributed by atoms with Gasteiger partial charge < -0.3 is 9.84 Å². The molecule has 1 aliphatic carbocycles. The quantitative estimate of drug-likeness (QED) is 0.924. The molecule has 2 aliphatic rings. The largest absolute Gasteiger partial charge is 0.493 e. The molecular formula is C15H17ClO3. The number of hydrogen-bond donors (Lipinski definition) is 1. The molecule has 2 atom stereocenters. The molecule has 1 heterocycles. The number of carboxylic acid groups (broad SMARTS) is 1. The van der Waals surface area contributed by atoms with Crippen molar-refractivity contribution in [1.29, 1.82) is 0 Å². The predicted molar refractivity (Wildman–Crippen MR) is 72.8 cm³/mol. The second-order valence-electron chi connectivity index (χ2n) is 5.49. The summed E-state index contributed by atoms with van der Waals surface area (Å²) in [6.45, 7) is 0.704. The van der Waals surface area contributed by atoms with E-state index in [0.29, 0.717) is 6.61 Å². The maximum Gasteiger partial charge on any atom is 0.306 e. The predicted octanol–water partition coefficient (Wildman–Crippen LogP) is 3.32. The Bertz CT molecular complexity index is 512. The molecule has 0 radical (unpaired) electrons. The third-order valence-corrected chi connectivity index (χ3v) is 4.50. The first-order valence-corrected chi connectivity index (χ1v) is 7.20. The fourth-order valence-corrected chi connectivity index (χ4v) is 3.65. The monoisotopic (exact) mass is 280 g/mol. The molecule has 1 aromatic rings. The number of carboxylic acids is 1. The summed E-state index contributed by atoms with van der Waals surface area (Å²) in [5, 5.41) is 9.98. The fraction of sp³-hybridized carbons (Fsp3) is 0.533. The van der Waals surface area contributed by atoms with Gasteiger partial charge in [-0.1, -0.05) is 18.0 Å². The number of rotatable bonds is 3. The Kier molecular flexibility index (Phi) is 3.40. The smallest absolute Gasteiger partial charge is 0.306 e. The SMILES string of the molecule is O=C(O)C1CCCC1Cc1cc(Cl)cc2c1OCC2. The Morgan fingerprint density at radius 1 is 1.42 bits per heavy atom. The van der Waals surface area contributed by atoms with E-state index >= 15 is 0 Å². The Morgan fingerprint density at radius 3 is 3.05 bits per heavy atom. The third-order valence-electron chi connectivity index (χ3n) is 4.28. The Balaban J connectivity index is 1.85. The van der Waals surface area contributed by atoms with Gasteiger partial charge in [0.1, 0.15) is 5.75 Å². The molecule has 4 heteroatoms. The number of benzene rings is 1. The highest BCUT2D eigenvalue weighted by Crippen LogP contribution is 2.39. The van der Waals surface area contributed by atoms with Gasteiger partial charge in [0, 0.05) is 11.4 Å². The van der Waals surface area contributed by atoms with Crippen LogP contribution in [0.5, 0.6) is 5.75 Å². The lowest BCUT2D eigenvalue weighted by Crippen LogP contribution is -2.20. The molecule has 1 saturated carbocycles. The zero-order valence-electron chi connectivity index (χ0n) is 10.7. The van der Waals surface area contributed by atoms with Crippen molar-refractivity contribution in [3.63, 3.8) is 0 Å². The van der Waals surface area contributed by atoms with Gasteiger partial charge in [0.15, 0.2) is 0 Å². The number of ether oxygens (including phenoxy) is 1. The van der Waals surface area contributed by atoms with E-state index < -0.39 is 5.97 Å². The molecule has 0 aromatic heterocycles. The number of carbonyl (C=O) groups is 1. The highest BCUT2D eigenvalue weighted by molar-refractivity contribution is 6.30. The highest BCUT2D eigenvalue weighted by Gasteiger charge is 2.34. The van der Waals surface area contributed by atoms with Crippen molar-refractivity contribution in [2.24, 2.45) is 11.8 Å². The van der Waals surface area contributed by atoms with Crippen LogP contribution < -0.4 is 4.74 Å². The number of halogens is 1. The Morgan fingerprint density at radius 2 is 2.26 bits per heavy atom. The van der Waals surface area contributed by atoms with Crippen LogP contribution in [0.2, 0.25) is 5.02 Å². The van der Waals surface area contributed by atoms with Gasteiger partial charge in [-0.05, 0) is 48.4 Å². The number of fused-ring (bicyclic) bond motifs is 1. The minimum Gasteiger partial charge on any atom is -0.493 e. The van der Waals surface area contributed by atoms with E-state index in [1.807, 2.05) is 12.1 Å². The van der Waals surface area contributed by atoms with Crippen LogP contribution in [0.25, 0.3) is 0 Å². The van der Waals surface area contributed by atoms with Gasteiger partial charge in [-0.3, -0.25) is 4.79 Å². The van der Waals surface area contributed by atoms with E-state index in [1.165, 1.54) is 0 Å². The summed E-state index contributed by atoms with van der Waals surface area (Å²) in [5.74, 6) is 0.280. The van der Waals surface area contributed by atoms with E-state index in [1.54, 1.807) is 0 Å². The molecule has 1 N–H and O–H groups in total. The second-order valence-corrected chi connectivity index (χ2v) is 5.93. The van der Waals surface area contributed by atoms with Crippen LogP contribution in [0.3, 0.4) is 0 Å². The standard InChI is InChI=1S/C15H17ClO3/c16-12-7-10-4-5-19-14(10)11(8-12)6-9-2-1-3-13(9)15(17)18/h7-9,13H,1-6H2,(H,17,18). The summed E-state index contributed by atoms with van der Waals surface area (Å²) >= 11 is 6.14. The lowest BCUT2D eigenvalue weighted by molar-refractivity contribution is -0.142. The van der Waals surface area contributed by atoms with Gasteiger partial charge in [-0.25, -0.2) is 0 Å². The normalized spacial score (nSPS) is 25.1. The molecule has 0 saturated heterocycles. The van der Waals surface area contributed by atoms with Crippen molar-refractivity contribution in [3.8, 4) is 5.75 Å². The summed E-state index contributed by atoms with van der Waals surface area (Å²) < 4.78 is 5.68. The molecule has 0 bridgehead atoms. The zero-order chi connectivity index (χ0) is 13.4. The van der Waals surface area contributed by atoms with Crippen LogP contribution in [-0.4, -0.2) is 17.7 Å². The van der Waals surface area contributed by atoms with Crippen molar-refractivity contribution >= 4 is 17.6 Å². The zero-order valence-corrected chi connectivity index (χ0v) is 11.4. The molecule has 19 heavy (non-hydrogen) atoms. The molecular weight excluding hydrogens is 264 g/mol. The third kappa shape index (κ3) is 2.44. The van der Waals surface area contributed by atoms with Gasteiger partial charge in [0.2, 0.25) is 0 Å². The average molecular weight is 281 g/mol. The Hall–Kier alpha value is -1.22. The molecule has 2 unspecified atom stereocenters. The molecule has 1 aromatic carbocycles. The lowest BCUT2D eigenvalue weighted by Gasteiger charge is -2.17. The summed E-state index contributed by atoms with van der Waals surface area (Å²) in [6.07, 6.45) is 4.45. The van der Waals surface area contributed by atoms with Crippen LogP contribution >= 0.6 is 11.6 Å². The van der Waals surface area contributed by atoms with Crippen molar-refractivity contribution < 1.29 is 14.6 Å². The fourth-order valence-electron chi connectivity index (χ4n) is 3.39. The minimum absolute atomic E-state index is 0.212. The first kappa shape index (κ1) is 12.8. The number of aliphatic carboxylic acids is 1. The van der Waals surface area contributed by atoms with Crippen molar-refractivity contribution in [3.05, 3.63) is 28.3 Å². The maximum absolute atomic E-state index is 11.2. The van der Waals surface area contributed by atoms with Gasteiger partial charge in [-0.15, -0.1) is 0 Å². The molecule has 3 rings (SSSR count). The second kappa shape index (κ2) is 5.04. The number of hydrogen-bond acceptors (Lipinski definition) is 2. The van der Waals surface area contributed by atoms with Gasteiger partial charge in [0.25, 0.3) is 0 Å². The van der Waals surface area contributed by atoms with Crippen LogP contribution in [0.4, 0.5) is 0 Å². The summed E-state index contributed by atoms with van der Waals surface area (Å²) in [5.41, 5.74) is 2.24. The molecule has 3 nitrogen and oxygen atoms in total. The first-order chi connectivity index (χ1) is 9.15. The van der Waals surface area contributed by atoms with Crippen LogP contribution in [0, 0.1) is 11.8 Å². The summed E-state index contributed by atoms with van der Waals surface area (Å²) in [4.78, 5) is 11.2.